The summed E-state index contributed by atoms with van der Waals surface area (Å²) < 4.78 is 78.2. The first-order valence-electron chi connectivity index (χ1n) is 16.6. The van der Waals surface area contributed by atoms with E-state index in [0.717, 1.165) is 48.9 Å². The Kier molecular flexibility index (Phi) is 12.2. The summed E-state index contributed by atoms with van der Waals surface area (Å²) in [5.41, 5.74) is 2.60. The lowest BCUT2D eigenvalue weighted by Crippen LogP contribution is -2.25. The molecule has 1 fully saturated rings. The van der Waals surface area contributed by atoms with Crippen molar-refractivity contribution in [2.45, 2.75) is 70.4 Å². The molecule has 0 aliphatic heterocycles. The molecule has 51 heavy (non-hydrogen) atoms. The number of carboxylic acids is 1. The topological polar surface area (TPSA) is 103 Å². The molecule has 4 aromatic rings. The molecule has 1 aliphatic rings. The Bertz CT molecular complexity index is 1800. The molecule has 1 saturated carbocycles. The number of carbonyl (C=O) groups is 1. The highest BCUT2D eigenvalue weighted by Gasteiger charge is 2.31. The monoisotopic (exact) mass is 711 g/mol. The predicted molar refractivity (Wildman–Crippen MR) is 183 cm³/mol. The molecule has 272 valence electrons. The predicted octanol–water partition coefficient (Wildman–Crippen LogP) is 8.77. The number of anilines is 1. The normalized spacial score (nSPS) is 13.2. The van der Waals surface area contributed by atoms with Crippen molar-refractivity contribution in [2.75, 3.05) is 32.8 Å². The first-order valence-corrected chi connectivity index (χ1v) is 16.6. The van der Waals surface area contributed by atoms with Crippen LogP contribution < -0.4 is 23.8 Å². The molecule has 1 N–H and O–H groups in total. The van der Waals surface area contributed by atoms with Gasteiger partial charge in [0.25, 0.3) is 0 Å². The van der Waals surface area contributed by atoms with Gasteiger partial charge in [-0.2, -0.15) is 13.2 Å². The van der Waals surface area contributed by atoms with E-state index in [4.69, 9.17) is 24.1 Å². The minimum atomic E-state index is -4.68. The van der Waals surface area contributed by atoms with Crippen molar-refractivity contribution in [1.29, 1.82) is 0 Å². The number of methoxy groups -OCH3 is 3. The van der Waals surface area contributed by atoms with Crippen LogP contribution in [0, 0.1) is 0 Å². The second-order valence-electron chi connectivity index (χ2n) is 12.4. The van der Waals surface area contributed by atoms with Gasteiger partial charge < -0.3 is 29.0 Å². The Hall–Kier alpha value is -5.07. The van der Waals surface area contributed by atoms with Gasteiger partial charge in [0.15, 0.2) is 17.2 Å². The van der Waals surface area contributed by atoms with Gasteiger partial charge in [-0.05, 0) is 89.4 Å². The van der Waals surface area contributed by atoms with E-state index in [1.54, 1.807) is 12.0 Å². The molecule has 0 amide bonds. The fourth-order valence-electron chi connectivity index (χ4n) is 6.43. The molecule has 1 heterocycles. The lowest BCUT2D eigenvalue weighted by molar-refractivity contribution is -0.138. The summed E-state index contributed by atoms with van der Waals surface area (Å²) in [4.78, 5) is 21.5. The third-order valence-corrected chi connectivity index (χ3v) is 8.92. The van der Waals surface area contributed by atoms with Crippen molar-refractivity contribution in [2.24, 2.45) is 0 Å². The van der Waals surface area contributed by atoms with Crippen LogP contribution in [0.1, 0.15) is 72.3 Å². The molecular formula is C38H41F4N3O6. The van der Waals surface area contributed by atoms with Crippen LogP contribution in [0.2, 0.25) is 0 Å². The minimum Gasteiger partial charge on any atom is -0.496 e. The van der Waals surface area contributed by atoms with Crippen molar-refractivity contribution < 1.29 is 46.4 Å². The molecule has 0 saturated heterocycles. The van der Waals surface area contributed by atoms with Crippen LogP contribution in [-0.4, -0.2) is 49.0 Å². The molecule has 9 nitrogen and oxygen atoms in total. The van der Waals surface area contributed by atoms with E-state index in [9.17, 15) is 22.4 Å². The highest BCUT2D eigenvalue weighted by molar-refractivity contribution is 5.77. The summed E-state index contributed by atoms with van der Waals surface area (Å²) in [6.07, 6.45) is 2.87. The van der Waals surface area contributed by atoms with Gasteiger partial charge in [-0.1, -0.05) is 25.0 Å². The number of halogens is 4. The summed E-state index contributed by atoms with van der Waals surface area (Å²) in [5.74, 6) is 1.47. The van der Waals surface area contributed by atoms with Gasteiger partial charge in [0.05, 0.1) is 45.9 Å². The zero-order chi connectivity index (χ0) is 36.5. The van der Waals surface area contributed by atoms with Gasteiger partial charge in [-0.3, -0.25) is 4.79 Å². The Morgan fingerprint density at radius 2 is 1.53 bits per heavy atom. The van der Waals surface area contributed by atoms with Gasteiger partial charge in [-0.15, -0.1) is 0 Å². The molecular weight excluding hydrogens is 670 g/mol. The number of hydrogen-bond acceptors (Lipinski definition) is 8. The van der Waals surface area contributed by atoms with Gasteiger partial charge in [0.1, 0.15) is 12.4 Å². The van der Waals surface area contributed by atoms with Crippen LogP contribution in [0.3, 0.4) is 0 Å². The fraction of sp³-hybridized carbons (Fsp3) is 0.395. The molecule has 5 rings (SSSR count). The smallest absolute Gasteiger partial charge is 0.416 e. The van der Waals surface area contributed by atoms with Crippen molar-refractivity contribution in [3.05, 3.63) is 88.7 Å². The van der Waals surface area contributed by atoms with E-state index in [-0.39, 0.29) is 49.6 Å². The maximum atomic E-state index is 13.9. The van der Waals surface area contributed by atoms with E-state index in [1.807, 2.05) is 18.2 Å². The minimum absolute atomic E-state index is 0.0629. The molecule has 13 heteroatoms. The molecule has 1 aliphatic carbocycles. The number of ether oxygens (including phenoxy) is 4. The number of carboxylic acid groups (broad SMARTS) is 1. The summed E-state index contributed by atoms with van der Waals surface area (Å²) in [5, 5.41) is 8.90. The van der Waals surface area contributed by atoms with Gasteiger partial charge >= 0.3 is 12.1 Å². The third kappa shape index (κ3) is 9.39. The van der Waals surface area contributed by atoms with Crippen LogP contribution in [0.25, 0.3) is 11.1 Å². The molecule has 0 unspecified atom stereocenters. The summed E-state index contributed by atoms with van der Waals surface area (Å²) in [7, 11) is 4.64. The molecule has 0 bridgehead atoms. The third-order valence-electron chi connectivity index (χ3n) is 8.92. The zero-order valence-electron chi connectivity index (χ0n) is 28.8. The Labute approximate surface area is 294 Å². The first kappa shape index (κ1) is 37.2. The van der Waals surface area contributed by atoms with Crippen LogP contribution in [0.15, 0.2) is 60.9 Å². The average Bonchev–Trinajstić information content (AvgIpc) is 3.68. The van der Waals surface area contributed by atoms with Gasteiger partial charge in [0, 0.05) is 25.1 Å². The molecule has 0 atom stereocenters. The Morgan fingerprint density at radius 3 is 2.16 bits per heavy atom. The second kappa shape index (κ2) is 16.8. The molecule has 0 radical (unpaired) electrons. The van der Waals surface area contributed by atoms with Gasteiger partial charge in [-0.25, -0.2) is 14.4 Å². The highest BCUT2D eigenvalue weighted by Crippen LogP contribution is 2.43. The maximum absolute atomic E-state index is 13.9. The zero-order valence-corrected chi connectivity index (χ0v) is 28.8. The van der Waals surface area contributed by atoms with E-state index < -0.39 is 24.4 Å². The van der Waals surface area contributed by atoms with E-state index >= 15 is 0 Å². The van der Waals surface area contributed by atoms with E-state index in [1.165, 1.54) is 38.2 Å². The van der Waals surface area contributed by atoms with Crippen molar-refractivity contribution in [3.63, 3.8) is 0 Å². The number of rotatable bonds is 16. The Morgan fingerprint density at radius 1 is 0.863 bits per heavy atom. The number of benzene rings is 3. The quantitative estimate of drug-likeness (QED) is 0.0903. The second-order valence-corrected chi connectivity index (χ2v) is 12.4. The summed E-state index contributed by atoms with van der Waals surface area (Å²) in [6, 6.07) is 13.0. The fourth-order valence-corrected chi connectivity index (χ4v) is 6.43. The first-order chi connectivity index (χ1) is 24.5. The van der Waals surface area contributed by atoms with Crippen molar-refractivity contribution in [1.82, 2.24) is 9.97 Å². The van der Waals surface area contributed by atoms with Gasteiger partial charge in [0.2, 0.25) is 5.95 Å². The van der Waals surface area contributed by atoms with Crippen molar-refractivity contribution in [3.8, 4) is 34.1 Å². The molecule has 3 aromatic carbocycles. The van der Waals surface area contributed by atoms with Crippen LogP contribution >= 0.6 is 0 Å². The van der Waals surface area contributed by atoms with Crippen LogP contribution in [-0.2, 0) is 30.7 Å². The maximum Gasteiger partial charge on any atom is 0.416 e. The van der Waals surface area contributed by atoms with Crippen LogP contribution in [0.5, 0.6) is 23.0 Å². The van der Waals surface area contributed by atoms with Crippen molar-refractivity contribution >= 4 is 11.9 Å². The van der Waals surface area contributed by atoms with E-state index in [0.29, 0.717) is 34.5 Å². The average molecular weight is 712 g/mol. The van der Waals surface area contributed by atoms with Crippen LogP contribution in [0.4, 0.5) is 23.5 Å². The number of nitrogens with zero attached hydrogens (tertiary/aromatic N) is 3. The number of aliphatic carboxylic acids is 1. The molecule has 0 spiro atoms. The summed E-state index contributed by atoms with van der Waals surface area (Å²) >= 11 is 0. The molecule has 1 aromatic heterocycles. The largest absolute Gasteiger partial charge is 0.496 e. The standard InChI is InChI=1S/C38H41F4N3O6/c1-48-33-11-10-27(26-7-4-5-8-26)16-32(33)31-18-35(50-3)34(49-2)17-28(31)23-45(22-25-13-24(19-39)14-29(15-25)38(40,41)42)37-43-20-30(21-44-37)51-12-6-9-36(46)47/h10-11,13-18,20-21,26H,4-9,12,19,22-23H2,1-3H3,(H,46,47). The number of alkyl halides is 4. The lowest BCUT2D eigenvalue weighted by Gasteiger charge is -2.26. The summed E-state index contributed by atoms with van der Waals surface area (Å²) in [6.45, 7) is -0.959. The number of aromatic nitrogens is 2. The lowest BCUT2D eigenvalue weighted by atomic mass is 9.91. The SMILES string of the molecule is COc1cc(CN(Cc2cc(CF)cc(C(F)(F)F)c2)c2ncc(OCCCC(=O)O)cn2)c(-c2cc(C3CCCC3)ccc2OC)cc1OC. The highest BCUT2D eigenvalue weighted by atomic mass is 19.4. The number of hydrogen-bond donors (Lipinski definition) is 1. The van der Waals surface area contributed by atoms with E-state index in [2.05, 4.69) is 22.1 Å². The Balaban J connectivity index is 1.60.